The summed E-state index contributed by atoms with van der Waals surface area (Å²) in [7, 11) is 2.03. The van der Waals surface area contributed by atoms with E-state index in [2.05, 4.69) is 30.4 Å². The molecule has 1 heterocycles. The minimum atomic E-state index is 0.386. The van der Waals surface area contributed by atoms with Crippen molar-refractivity contribution in [2.24, 2.45) is 24.7 Å². The lowest BCUT2D eigenvalue weighted by atomic mass is 9.93. The number of hydrogen-bond donors (Lipinski definition) is 2. The molecule has 4 heteroatoms. The number of aromatic nitrogens is 2. The molecule has 19 heavy (non-hydrogen) atoms. The maximum Gasteiger partial charge on any atom is 0.0624 e. The topological polar surface area (TPSA) is 55.9 Å². The van der Waals surface area contributed by atoms with E-state index in [1.54, 1.807) is 0 Å². The molecule has 0 aromatic carbocycles. The SMILES string of the molecule is CCc1cc(CC(NN)C2CCC(CC)C2)n(C)n1. The molecule has 0 saturated heterocycles. The lowest BCUT2D eigenvalue weighted by Gasteiger charge is -2.23. The first-order valence-corrected chi connectivity index (χ1v) is 7.65. The minimum absolute atomic E-state index is 0.386. The zero-order valence-corrected chi connectivity index (χ0v) is 12.5. The summed E-state index contributed by atoms with van der Waals surface area (Å²) in [5, 5.41) is 4.52. The van der Waals surface area contributed by atoms with E-state index < -0.39 is 0 Å². The average Bonchev–Trinajstić information content (AvgIpc) is 3.02. The monoisotopic (exact) mass is 264 g/mol. The van der Waals surface area contributed by atoms with Crippen LogP contribution >= 0.6 is 0 Å². The van der Waals surface area contributed by atoms with Gasteiger partial charge in [-0.1, -0.05) is 26.7 Å². The van der Waals surface area contributed by atoms with Crippen molar-refractivity contribution < 1.29 is 0 Å². The average molecular weight is 264 g/mol. The van der Waals surface area contributed by atoms with Crippen LogP contribution in [0.15, 0.2) is 6.07 Å². The molecule has 4 nitrogen and oxygen atoms in total. The summed E-state index contributed by atoms with van der Waals surface area (Å²) in [4.78, 5) is 0. The first kappa shape index (κ1) is 14.5. The van der Waals surface area contributed by atoms with Crippen molar-refractivity contribution in [1.29, 1.82) is 0 Å². The summed E-state index contributed by atoms with van der Waals surface area (Å²) < 4.78 is 2.01. The van der Waals surface area contributed by atoms with Crippen LogP contribution in [0.3, 0.4) is 0 Å². The summed E-state index contributed by atoms with van der Waals surface area (Å²) in [6, 6.07) is 2.60. The van der Waals surface area contributed by atoms with E-state index in [0.29, 0.717) is 6.04 Å². The lowest BCUT2D eigenvalue weighted by Crippen LogP contribution is -2.42. The van der Waals surface area contributed by atoms with Gasteiger partial charge in [0.25, 0.3) is 0 Å². The van der Waals surface area contributed by atoms with Gasteiger partial charge >= 0.3 is 0 Å². The van der Waals surface area contributed by atoms with Crippen molar-refractivity contribution in [2.75, 3.05) is 0 Å². The molecule has 0 bridgehead atoms. The van der Waals surface area contributed by atoms with E-state index in [-0.39, 0.29) is 0 Å². The molecule has 1 aromatic rings. The number of hydrogen-bond acceptors (Lipinski definition) is 3. The highest BCUT2D eigenvalue weighted by molar-refractivity contribution is 5.12. The van der Waals surface area contributed by atoms with Gasteiger partial charge in [-0.3, -0.25) is 16.0 Å². The molecule has 1 aliphatic rings. The van der Waals surface area contributed by atoms with Gasteiger partial charge in [-0.2, -0.15) is 5.10 Å². The van der Waals surface area contributed by atoms with Gasteiger partial charge in [0.1, 0.15) is 0 Å². The number of nitrogens with zero attached hydrogens (tertiary/aromatic N) is 2. The molecule has 3 unspecified atom stereocenters. The molecule has 1 aromatic heterocycles. The molecule has 0 radical (unpaired) electrons. The highest BCUT2D eigenvalue weighted by Gasteiger charge is 2.30. The number of nitrogens with one attached hydrogen (secondary N) is 1. The molecule has 1 fully saturated rings. The normalized spacial score (nSPS) is 24.8. The molecule has 0 spiro atoms. The van der Waals surface area contributed by atoms with Crippen molar-refractivity contribution in [3.8, 4) is 0 Å². The smallest absolute Gasteiger partial charge is 0.0624 e. The van der Waals surface area contributed by atoms with Crippen molar-refractivity contribution in [3.63, 3.8) is 0 Å². The van der Waals surface area contributed by atoms with Gasteiger partial charge in [-0.15, -0.1) is 0 Å². The number of aryl methyl sites for hydroxylation is 2. The fourth-order valence-corrected chi connectivity index (χ4v) is 3.37. The Kier molecular flexibility index (Phi) is 4.99. The highest BCUT2D eigenvalue weighted by Crippen LogP contribution is 2.35. The van der Waals surface area contributed by atoms with Crippen molar-refractivity contribution in [3.05, 3.63) is 17.5 Å². The van der Waals surface area contributed by atoms with E-state index >= 15 is 0 Å². The molecule has 0 aliphatic heterocycles. The second-order valence-corrected chi connectivity index (χ2v) is 5.93. The maximum atomic E-state index is 5.80. The predicted molar refractivity (Wildman–Crippen MR) is 78.5 cm³/mol. The largest absolute Gasteiger partial charge is 0.272 e. The second kappa shape index (κ2) is 6.53. The highest BCUT2D eigenvalue weighted by atomic mass is 15.3. The van der Waals surface area contributed by atoms with Gasteiger partial charge in [0.15, 0.2) is 0 Å². The predicted octanol–water partition coefficient (Wildman–Crippen LogP) is 2.18. The number of rotatable bonds is 6. The van der Waals surface area contributed by atoms with Gasteiger partial charge < -0.3 is 0 Å². The third kappa shape index (κ3) is 3.37. The third-order valence-electron chi connectivity index (χ3n) is 4.76. The van der Waals surface area contributed by atoms with Gasteiger partial charge in [-0.25, -0.2) is 0 Å². The molecular formula is C15H28N4. The van der Waals surface area contributed by atoms with E-state index in [0.717, 1.165) is 24.7 Å². The molecule has 108 valence electrons. The van der Waals surface area contributed by atoms with E-state index in [4.69, 9.17) is 5.84 Å². The standard InChI is InChI=1S/C15H28N4/c1-4-11-6-7-12(8-11)15(17-16)10-14-9-13(5-2)18-19(14)3/h9,11-12,15,17H,4-8,10,16H2,1-3H3. The molecule has 3 N–H and O–H groups in total. The van der Waals surface area contributed by atoms with E-state index in [1.807, 2.05) is 11.7 Å². The second-order valence-electron chi connectivity index (χ2n) is 5.93. The third-order valence-corrected chi connectivity index (χ3v) is 4.76. The Bertz CT molecular complexity index is 399. The summed E-state index contributed by atoms with van der Waals surface area (Å²) in [6.07, 6.45) is 7.29. The van der Waals surface area contributed by atoms with E-state index in [1.165, 1.54) is 37.1 Å². The van der Waals surface area contributed by atoms with Gasteiger partial charge in [0, 0.05) is 25.2 Å². The van der Waals surface area contributed by atoms with Crippen LogP contribution in [-0.2, 0) is 19.9 Å². The molecule has 0 amide bonds. The molecular weight excluding hydrogens is 236 g/mol. The van der Waals surface area contributed by atoms with Crippen LogP contribution in [0.5, 0.6) is 0 Å². The first-order valence-electron chi connectivity index (χ1n) is 7.65. The van der Waals surface area contributed by atoms with Crippen molar-refractivity contribution in [2.45, 2.75) is 58.4 Å². The Morgan fingerprint density at radius 2 is 2.26 bits per heavy atom. The fourth-order valence-electron chi connectivity index (χ4n) is 3.37. The molecule has 1 saturated carbocycles. The summed E-state index contributed by atoms with van der Waals surface area (Å²) in [5.41, 5.74) is 5.51. The Morgan fingerprint density at radius 1 is 1.47 bits per heavy atom. The quantitative estimate of drug-likeness (QED) is 0.611. The lowest BCUT2D eigenvalue weighted by molar-refractivity contribution is 0.343. The Morgan fingerprint density at radius 3 is 2.79 bits per heavy atom. The van der Waals surface area contributed by atoms with Gasteiger partial charge in [0.05, 0.1) is 5.69 Å². The molecule has 2 rings (SSSR count). The summed E-state index contributed by atoms with van der Waals surface area (Å²) in [5.74, 6) is 7.42. The Labute approximate surface area is 116 Å². The van der Waals surface area contributed by atoms with Crippen LogP contribution < -0.4 is 11.3 Å². The van der Waals surface area contributed by atoms with Crippen LogP contribution in [0.4, 0.5) is 0 Å². The van der Waals surface area contributed by atoms with Crippen LogP contribution in [0.25, 0.3) is 0 Å². The van der Waals surface area contributed by atoms with Gasteiger partial charge in [-0.05, 0) is 37.2 Å². The first-order chi connectivity index (χ1) is 9.17. The number of hydrazine groups is 1. The van der Waals surface area contributed by atoms with E-state index in [9.17, 15) is 0 Å². The van der Waals surface area contributed by atoms with Gasteiger partial charge in [0.2, 0.25) is 0 Å². The fraction of sp³-hybridized carbons (Fsp3) is 0.800. The summed E-state index contributed by atoms with van der Waals surface area (Å²) >= 11 is 0. The number of nitrogens with two attached hydrogens (primary N) is 1. The van der Waals surface area contributed by atoms with Crippen molar-refractivity contribution >= 4 is 0 Å². The van der Waals surface area contributed by atoms with Crippen LogP contribution in [0.2, 0.25) is 0 Å². The maximum absolute atomic E-state index is 5.80. The minimum Gasteiger partial charge on any atom is -0.272 e. The molecule has 3 atom stereocenters. The van der Waals surface area contributed by atoms with Crippen LogP contribution in [-0.4, -0.2) is 15.8 Å². The van der Waals surface area contributed by atoms with Crippen LogP contribution in [0.1, 0.15) is 50.9 Å². The van der Waals surface area contributed by atoms with Crippen molar-refractivity contribution in [1.82, 2.24) is 15.2 Å². The Balaban J connectivity index is 2.00. The summed E-state index contributed by atoms with van der Waals surface area (Å²) in [6.45, 7) is 4.44. The van der Waals surface area contributed by atoms with Crippen LogP contribution in [0, 0.1) is 11.8 Å². The zero-order chi connectivity index (χ0) is 13.8. The Hall–Kier alpha value is -0.870. The molecule has 1 aliphatic carbocycles. The zero-order valence-electron chi connectivity index (χ0n) is 12.5.